The zero-order chi connectivity index (χ0) is 23.7. The molecule has 6 nitrogen and oxygen atoms in total. The van der Waals surface area contributed by atoms with Gasteiger partial charge in [0.2, 0.25) is 11.8 Å². The number of aryl methyl sites for hydroxylation is 1. The molecule has 4 aromatic rings. The van der Waals surface area contributed by atoms with Crippen molar-refractivity contribution in [1.82, 2.24) is 14.8 Å². The minimum absolute atomic E-state index is 0.261. The van der Waals surface area contributed by atoms with Gasteiger partial charge in [-0.15, -0.1) is 0 Å². The van der Waals surface area contributed by atoms with Crippen LogP contribution in [-0.4, -0.2) is 27.3 Å². The first kappa shape index (κ1) is 21.8. The fourth-order valence-electron chi connectivity index (χ4n) is 3.99. The molecule has 1 unspecified atom stereocenters. The van der Waals surface area contributed by atoms with E-state index < -0.39 is 5.92 Å². The lowest BCUT2D eigenvalue weighted by Gasteiger charge is -2.16. The summed E-state index contributed by atoms with van der Waals surface area (Å²) in [4.78, 5) is 17.1. The van der Waals surface area contributed by atoms with Crippen LogP contribution in [0.5, 0.6) is 5.88 Å². The van der Waals surface area contributed by atoms with Crippen molar-refractivity contribution >= 4 is 11.7 Å². The van der Waals surface area contributed by atoms with E-state index in [0.717, 1.165) is 23.1 Å². The summed E-state index contributed by atoms with van der Waals surface area (Å²) in [6.45, 7) is 3.04. The molecule has 0 saturated heterocycles. The lowest BCUT2D eigenvalue weighted by Crippen LogP contribution is -2.19. The van der Waals surface area contributed by atoms with Gasteiger partial charge in [0.05, 0.1) is 18.1 Å². The molecular weight excluding hydrogens is 438 g/mol. The van der Waals surface area contributed by atoms with Crippen LogP contribution < -0.4 is 10.1 Å². The van der Waals surface area contributed by atoms with E-state index in [-0.39, 0.29) is 17.5 Å². The van der Waals surface area contributed by atoms with Gasteiger partial charge in [-0.2, -0.15) is 5.10 Å². The number of rotatable bonds is 5. The molecule has 0 saturated carbocycles. The van der Waals surface area contributed by atoms with Crippen LogP contribution in [0, 0.1) is 11.6 Å². The fraction of sp³-hybridized carbons (Fsp3) is 0.192. The first-order chi connectivity index (χ1) is 16.5. The highest BCUT2D eigenvalue weighted by atomic mass is 19.1. The monoisotopic (exact) mass is 460 g/mol. The summed E-state index contributed by atoms with van der Waals surface area (Å²) < 4.78 is 34.5. The van der Waals surface area contributed by atoms with E-state index in [1.54, 1.807) is 43.5 Å². The molecule has 3 heterocycles. The molecule has 1 N–H and O–H groups in total. The highest BCUT2D eigenvalue weighted by molar-refractivity contribution is 5.95. The minimum atomic E-state index is -0.493. The van der Waals surface area contributed by atoms with Crippen molar-refractivity contribution in [2.24, 2.45) is 0 Å². The Balaban J connectivity index is 1.48. The molecule has 1 atom stereocenters. The van der Waals surface area contributed by atoms with Gasteiger partial charge in [-0.25, -0.2) is 18.4 Å². The van der Waals surface area contributed by atoms with E-state index in [2.05, 4.69) is 10.3 Å². The van der Waals surface area contributed by atoms with E-state index in [0.29, 0.717) is 36.1 Å². The Bertz CT molecular complexity index is 1330. The van der Waals surface area contributed by atoms with Gasteiger partial charge in [0.1, 0.15) is 23.1 Å². The number of anilines is 1. The Hall–Kier alpha value is -4.07. The van der Waals surface area contributed by atoms with Crippen molar-refractivity contribution in [3.8, 4) is 28.3 Å². The second kappa shape index (κ2) is 9.05. The number of aromatic nitrogens is 3. The van der Waals surface area contributed by atoms with E-state index in [1.807, 2.05) is 10.7 Å². The number of ether oxygens (including phenoxy) is 1. The summed E-state index contributed by atoms with van der Waals surface area (Å²) in [6, 6.07) is 15.6. The summed E-state index contributed by atoms with van der Waals surface area (Å²) in [7, 11) is 0. The Kier molecular flexibility index (Phi) is 5.79. The maximum absolute atomic E-state index is 13.5. The molecule has 2 aromatic heterocycles. The third-order valence-electron chi connectivity index (χ3n) is 5.84. The number of benzene rings is 2. The number of hydrogen-bond acceptors (Lipinski definition) is 4. The third-order valence-corrected chi connectivity index (χ3v) is 5.84. The number of hydrogen-bond donors (Lipinski definition) is 1. The first-order valence-electron chi connectivity index (χ1n) is 11.0. The number of carbonyl (C=O) groups excluding carboxylic acids is 1. The summed E-state index contributed by atoms with van der Waals surface area (Å²) in [5, 5.41) is 7.57. The topological polar surface area (TPSA) is 69.0 Å². The second-order valence-electron chi connectivity index (χ2n) is 8.15. The van der Waals surface area contributed by atoms with Gasteiger partial charge in [0.25, 0.3) is 0 Å². The van der Waals surface area contributed by atoms with Crippen LogP contribution in [0.2, 0.25) is 0 Å². The van der Waals surface area contributed by atoms with Gasteiger partial charge in [0.15, 0.2) is 0 Å². The van der Waals surface area contributed by atoms with Crippen LogP contribution in [0.15, 0.2) is 66.9 Å². The summed E-state index contributed by atoms with van der Waals surface area (Å²) in [5.74, 6) is -0.425. The van der Waals surface area contributed by atoms with Crippen LogP contribution in [0.3, 0.4) is 0 Å². The fourth-order valence-corrected chi connectivity index (χ4v) is 3.99. The molecule has 1 aliphatic heterocycles. The largest absolute Gasteiger partial charge is 0.477 e. The van der Waals surface area contributed by atoms with Gasteiger partial charge in [-0.1, -0.05) is 12.1 Å². The highest BCUT2D eigenvalue weighted by Gasteiger charge is 2.25. The summed E-state index contributed by atoms with van der Waals surface area (Å²) >= 11 is 0. The quantitative estimate of drug-likeness (QED) is 0.432. The zero-order valence-electron chi connectivity index (χ0n) is 18.5. The summed E-state index contributed by atoms with van der Waals surface area (Å²) in [6.07, 6.45) is 2.45. The first-order valence-corrected chi connectivity index (χ1v) is 11.0. The number of fused-ring (bicyclic) bond motifs is 1. The Morgan fingerprint density at radius 3 is 2.47 bits per heavy atom. The molecule has 0 spiro atoms. The van der Waals surface area contributed by atoms with E-state index >= 15 is 0 Å². The van der Waals surface area contributed by atoms with Crippen LogP contribution >= 0.6 is 0 Å². The molecule has 0 aliphatic carbocycles. The average Bonchev–Trinajstić information content (AvgIpc) is 3.24. The number of halogens is 2. The number of pyridine rings is 1. The van der Waals surface area contributed by atoms with Gasteiger partial charge < -0.3 is 10.1 Å². The Morgan fingerprint density at radius 1 is 1.03 bits per heavy atom. The Morgan fingerprint density at radius 2 is 1.74 bits per heavy atom. The normalized spacial score (nSPS) is 13.6. The van der Waals surface area contributed by atoms with Crippen LogP contribution in [0.1, 0.15) is 24.8 Å². The van der Waals surface area contributed by atoms with E-state index in [9.17, 15) is 13.6 Å². The SMILES string of the molecule is CC(C(=O)Nc1cc(-c2c(-c3ccc(F)cc3)nn3c2OCCC3)ccn1)c1ccc(F)cc1. The van der Waals surface area contributed by atoms with Crippen molar-refractivity contribution in [3.05, 3.63) is 84.1 Å². The number of carbonyl (C=O) groups is 1. The van der Waals surface area contributed by atoms with Crippen LogP contribution in [0.4, 0.5) is 14.6 Å². The minimum Gasteiger partial charge on any atom is -0.477 e. The smallest absolute Gasteiger partial charge is 0.232 e. The van der Waals surface area contributed by atoms with Crippen molar-refractivity contribution < 1.29 is 18.3 Å². The van der Waals surface area contributed by atoms with Crippen molar-refractivity contribution in [2.75, 3.05) is 11.9 Å². The molecule has 0 radical (unpaired) electrons. The maximum atomic E-state index is 13.5. The Labute approximate surface area is 195 Å². The highest BCUT2D eigenvalue weighted by Crippen LogP contribution is 2.41. The predicted octanol–water partition coefficient (Wildman–Crippen LogP) is 5.42. The molecular formula is C26H22F2N4O2. The number of nitrogens with one attached hydrogen (secondary N) is 1. The lowest BCUT2D eigenvalue weighted by atomic mass is 10.00. The standard InChI is InChI=1S/C26H22F2N4O2/c1-16(17-3-7-20(27)8-4-17)25(33)30-22-15-19(11-12-29-22)23-24(18-5-9-21(28)10-6-18)31-32-13-2-14-34-26(23)32/h3-12,15-16H,2,13-14H2,1H3,(H,29,30,33). The van der Waals surface area contributed by atoms with Crippen molar-refractivity contribution in [2.45, 2.75) is 25.8 Å². The van der Waals surface area contributed by atoms with Crippen molar-refractivity contribution in [3.63, 3.8) is 0 Å². The molecule has 2 aromatic carbocycles. The molecule has 172 valence electrons. The van der Waals surface area contributed by atoms with Crippen molar-refractivity contribution in [1.29, 1.82) is 0 Å². The van der Waals surface area contributed by atoms with E-state index in [4.69, 9.17) is 9.84 Å². The number of amides is 1. The van der Waals surface area contributed by atoms with Crippen LogP contribution in [0.25, 0.3) is 22.4 Å². The van der Waals surface area contributed by atoms with Crippen LogP contribution in [-0.2, 0) is 11.3 Å². The molecule has 1 aliphatic rings. The maximum Gasteiger partial charge on any atom is 0.232 e. The lowest BCUT2D eigenvalue weighted by molar-refractivity contribution is -0.117. The summed E-state index contributed by atoms with van der Waals surface area (Å²) in [5.41, 5.74) is 3.65. The second-order valence-corrected chi connectivity index (χ2v) is 8.15. The number of nitrogens with zero attached hydrogens (tertiary/aromatic N) is 3. The molecule has 0 bridgehead atoms. The van der Waals surface area contributed by atoms with Gasteiger partial charge in [0, 0.05) is 24.7 Å². The van der Waals surface area contributed by atoms with Gasteiger partial charge in [-0.3, -0.25) is 4.79 Å². The zero-order valence-corrected chi connectivity index (χ0v) is 18.5. The third kappa shape index (κ3) is 4.26. The molecule has 34 heavy (non-hydrogen) atoms. The predicted molar refractivity (Wildman–Crippen MR) is 124 cm³/mol. The molecule has 8 heteroatoms. The molecule has 0 fully saturated rings. The van der Waals surface area contributed by atoms with Gasteiger partial charge in [-0.05, 0) is 66.6 Å². The molecule has 5 rings (SSSR count). The molecule has 1 amide bonds. The average molecular weight is 460 g/mol. The van der Waals surface area contributed by atoms with E-state index in [1.165, 1.54) is 24.3 Å². The van der Waals surface area contributed by atoms with Gasteiger partial charge >= 0.3 is 0 Å².